The zero-order valence-electron chi connectivity index (χ0n) is 12.6. The van der Waals surface area contributed by atoms with Crippen LogP contribution in [-0.4, -0.2) is 22.6 Å². The lowest BCUT2D eigenvalue weighted by Gasteiger charge is -2.38. The Morgan fingerprint density at radius 3 is 2.68 bits per heavy atom. The molecule has 2 rings (SSSR count). The molecule has 1 aromatic heterocycles. The van der Waals surface area contributed by atoms with E-state index < -0.39 is 0 Å². The van der Waals surface area contributed by atoms with Gasteiger partial charge in [0.25, 0.3) is 0 Å². The maximum atomic E-state index is 6.06. The predicted molar refractivity (Wildman–Crippen MR) is 80.4 cm³/mol. The summed E-state index contributed by atoms with van der Waals surface area (Å²) in [6.07, 6.45) is 4.48. The van der Waals surface area contributed by atoms with Crippen LogP contribution in [0, 0.1) is 12.8 Å². The molecule has 0 amide bonds. The van der Waals surface area contributed by atoms with Gasteiger partial charge in [-0.2, -0.15) is 0 Å². The molecule has 0 aromatic carbocycles. The number of aryl methyl sites for hydroxylation is 1. The molecule has 1 aliphatic heterocycles. The molecule has 2 unspecified atom stereocenters. The Morgan fingerprint density at radius 2 is 2.00 bits per heavy atom. The summed E-state index contributed by atoms with van der Waals surface area (Å²) >= 11 is 0. The summed E-state index contributed by atoms with van der Waals surface area (Å²) in [5.74, 6) is 3.29. The molecule has 4 nitrogen and oxygen atoms in total. The van der Waals surface area contributed by atoms with Crippen molar-refractivity contribution in [3.05, 3.63) is 11.4 Å². The van der Waals surface area contributed by atoms with Crippen LogP contribution in [-0.2, 0) is 6.42 Å². The van der Waals surface area contributed by atoms with E-state index in [1.165, 1.54) is 12.8 Å². The molecule has 0 saturated carbocycles. The average Bonchev–Trinajstić information content (AvgIpc) is 2.37. The minimum Gasteiger partial charge on any atom is -0.383 e. The van der Waals surface area contributed by atoms with Crippen molar-refractivity contribution >= 4 is 11.6 Å². The van der Waals surface area contributed by atoms with Crippen molar-refractivity contribution in [1.82, 2.24) is 9.97 Å². The maximum absolute atomic E-state index is 6.06. The summed E-state index contributed by atoms with van der Waals surface area (Å²) in [5.41, 5.74) is 7.09. The molecule has 0 radical (unpaired) electrons. The van der Waals surface area contributed by atoms with Crippen LogP contribution in [0.25, 0.3) is 0 Å². The van der Waals surface area contributed by atoms with Crippen LogP contribution in [0.4, 0.5) is 11.6 Å². The van der Waals surface area contributed by atoms with E-state index in [2.05, 4.69) is 30.7 Å². The summed E-state index contributed by atoms with van der Waals surface area (Å²) in [5, 5.41) is 0. The first-order chi connectivity index (χ1) is 9.02. The summed E-state index contributed by atoms with van der Waals surface area (Å²) in [4.78, 5) is 11.6. The van der Waals surface area contributed by atoms with Crippen molar-refractivity contribution < 1.29 is 0 Å². The van der Waals surface area contributed by atoms with Crippen LogP contribution in [0.5, 0.6) is 0 Å². The number of hydrogen-bond acceptors (Lipinski definition) is 4. The van der Waals surface area contributed by atoms with Crippen molar-refractivity contribution in [3.63, 3.8) is 0 Å². The van der Waals surface area contributed by atoms with E-state index in [4.69, 9.17) is 10.7 Å². The molecule has 1 aromatic rings. The van der Waals surface area contributed by atoms with Crippen LogP contribution in [0.3, 0.4) is 0 Å². The van der Waals surface area contributed by atoms with Crippen molar-refractivity contribution in [3.8, 4) is 0 Å². The SMILES string of the molecule is CCCc1nc(N)c(C)c(N2CC(C)CCC2C)n1. The van der Waals surface area contributed by atoms with Gasteiger partial charge in [0.05, 0.1) is 0 Å². The van der Waals surface area contributed by atoms with Gasteiger partial charge in [-0.25, -0.2) is 9.97 Å². The zero-order chi connectivity index (χ0) is 14.0. The molecule has 2 atom stereocenters. The highest BCUT2D eigenvalue weighted by Gasteiger charge is 2.26. The molecule has 2 N–H and O–H groups in total. The smallest absolute Gasteiger partial charge is 0.137 e. The number of aromatic nitrogens is 2. The summed E-state index contributed by atoms with van der Waals surface area (Å²) in [7, 11) is 0. The first-order valence-corrected chi connectivity index (χ1v) is 7.42. The Balaban J connectivity index is 2.36. The minimum atomic E-state index is 0.540. The molecular formula is C15H26N4. The molecule has 106 valence electrons. The predicted octanol–water partition coefficient (Wildman–Crippen LogP) is 2.94. The Morgan fingerprint density at radius 1 is 1.26 bits per heavy atom. The first-order valence-electron chi connectivity index (χ1n) is 7.42. The van der Waals surface area contributed by atoms with Gasteiger partial charge in [-0.3, -0.25) is 0 Å². The topological polar surface area (TPSA) is 55.0 Å². The highest BCUT2D eigenvalue weighted by molar-refractivity contribution is 5.57. The maximum Gasteiger partial charge on any atom is 0.137 e. The average molecular weight is 262 g/mol. The van der Waals surface area contributed by atoms with E-state index in [0.29, 0.717) is 11.9 Å². The molecule has 0 spiro atoms. The normalized spacial score (nSPS) is 23.7. The largest absolute Gasteiger partial charge is 0.383 e. The number of anilines is 2. The van der Waals surface area contributed by atoms with Gasteiger partial charge < -0.3 is 10.6 Å². The Labute approximate surface area is 116 Å². The summed E-state index contributed by atoms with van der Waals surface area (Å²) in [6.45, 7) is 9.84. The second kappa shape index (κ2) is 5.76. The van der Waals surface area contributed by atoms with Crippen LogP contribution in [0.1, 0.15) is 51.4 Å². The van der Waals surface area contributed by atoms with Gasteiger partial charge in [0.2, 0.25) is 0 Å². The van der Waals surface area contributed by atoms with E-state index in [1.54, 1.807) is 0 Å². The fourth-order valence-corrected chi connectivity index (χ4v) is 2.77. The van der Waals surface area contributed by atoms with Gasteiger partial charge in [-0.1, -0.05) is 13.8 Å². The number of nitrogens with two attached hydrogens (primary N) is 1. The molecule has 0 aliphatic carbocycles. The van der Waals surface area contributed by atoms with Crippen LogP contribution >= 0.6 is 0 Å². The van der Waals surface area contributed by atoms with Crippen LogP contribution in [0.15, 0.2) is 0 Å². The van der Waals surface area contributed by atoms with E-state index in [1.807, 2.05) is 6.92 Å². The van der Waals surface area contributed by atoms with Gasteiger partial charge in [0.1, 0.15) is 17.5 Å². The Hall–Kier alpha value is -1.32. The quantitative estimate of drug-likeness (QED) is 0.910. The van der Waals surface area contributed by atoms with Gasteiger partial charge in [-0.15, -0.1) is 0 Å². The molecule has 2 heterocycles. The molecule has 0 bridgehead atoms. The standard InChI is InChI=1S/C15H26N4/c1-5-6-13-17-14(16)12(4)15(18-13)19-9-10(2)7-8-11(19)3/h10-11H,5-9H2,1-4H3,(H2,16,17,18). The molecule has 19 heavy (non-hydrogen) atoms. The Kier molecular flexibility index (Phi) is 4.27. The van der Waals surface area contributed by atoms with Crippen LogP contribution < -0.4 is 10.6 Å². The zero-order valence-corrected chi connectivity index (χ0v) is 12.6. The molecule has 1 saturated heterocycles. The van der Waals surface area contributed by atoms with E-state index in [0.717, 1.165) is 42.5 Å². The third-order valence-corrected chi connectivity index (χ3v) is 4.07. The van der Waals surface area contributed by atoms with Crippen molar-refractivity contribution in [2.75, 3.05) is 17.2 Å². The second-order valence-corrected chi connectivity index (χ2v) is 5.91. The van der Waals surface area contributed by atoms with E-state index >= 15 is 0 Å². The number of nitrogens with zero attached hydrogens (tertiary/aromatic N) is 3. The van der Waals surface area contributed by atoms with Crippen molar-refractivity contribution in [2.24, 2.45) is 5.92 Å². The fourth-order valence-electron chi connectivity index (χ4n) is 2.77. The van der Waals surface area contributed by atoms with Gasteiger partial charge in [0.15, 0.2) is 0 Å². The molecule has 4 heteroatoms. The third-order valence-electron chi connectivity index (χ3n) is 4.07. The van der Waals surface area contributed by atoms with Gasteiger partial charge in [-0.05, 0) is 39.0 Å². The number of piperidine rings is 1. The Bertz CT molecular complexity index is 444. The lowest BCUT2D eigenvalue weighted by molar-refractivity contribution is 0.387. The second-order valence-electron chi connectivity index (χ2n) is 5.91. The van der Waals surface area contributed by atoms with Gasteiger partial charge >= 0.3 is 0 Å². The number of rotatable bonds is 3. The van der Waals surface area contributed by atoms with Crippen LogP contribution in [0.2, 0.25) is 0 Å². The van der Waals surface area contributed by atoms with Gasteiger partial charge in [0, 0.05) is 24.6 Å². The fraction of sp³-hybridized carbons (Fsp3) is 0.733. The van der Waals surface area contributed by atoms with Crippen molar-refractivity contribution in [1.29, 1.82) is 0 Å². The summed E-state index contributed by atoms with van der Waals surface area (Å²) in [6, 6.07) is 0.540. The summed E-state index contributed by atoms with van der Waals surface area (Å²) < 4.78 is 0. The van der Waals surface area contributed by atoms with E-state index in [-0.39, 0.29) is 0 Å². The third kappa shape index (κ3) is 2.99. The molecular weight excluding hydrogens is 236 g/mol. The first kappa shape index (κ1) is 14.1. The minimum absolute atomic E-state index is 0.540. The van der Waals surface area contributed by atoms with Crippen molar-refractivity contribution in [2.45, 2.75) is 59.4 Å². The lowest BCUT2D eigenvalue weighted by atomic mass is 9.95. The highest BCUT2D eigenvalue weighted by atomic mass is 15.2. The number of nitrogen functional groups attached to an aromatic ring is 1. The highest BCUT2D eigenvalue weighted by Crippen LogP contribution is 2.30. The van der Waals surface area contributed by atoms with E-state index in [9.17, 15) is 0 Å². The molecule has 1 fully saturated rings. The lowest BCUT2D eigenvalue weighted by Crippen LogP contribution is -2.42. The number of hydrogen-bond donors (Lipinski definition) is 1. The molecule has 1 aliphatic rings. The monoisotopic (exact) mass is 262 g/mol.